The van der Waals surface area contributed by atoms with E-state index in [0.717, 1.165) is 15.4 Å². The minimum Gasteiger partial charge on any atom is -1.00 e. The molecular weight excluding hydrogens is 322 g/mol. The molecular formula is C11H18Cl2SiZr. The fourth-order valence-electron chi connectivity index (χ4n) is 1.66. The molecule has 1 unspecified atom stereocenters. The summed E-state index contributed by atoms with van der Waals surface area (Å²) in [5, 5.41) is 0. The second-order valence-electron chi connectivity index (χ2n) is 3.39. The maximum Gasteiger partial charge on any atom is 3.00 e. The van der Waals surface area contributed by atoms with E-state index >= 15 is 0 Å². The zero-order valence-corrected chi connectivity index (χ0v) is 14.5. The topological polar surface area (TPSA) is 0 Å². The molecule has 4 heteroatoms. The van der Waals surface area contributed by atoms with Crippen molar-refractivity contribution in [3.8, 4) is 0 Å². The first-order valence-electron chi connectivity index (χ1n) is 4.82. The number of allylic oxidation sites excluding steroid dienone is 4. The summed E-state index contributed by atoms with van der Waals surface area (Å²) in [4.78, 5) is 0. The van der Waals surface area contributed by atoms with E-state index in [1.165, 1.54) is 19.3 Å². The van der Waals surface area contributed by atoms with Crippen LogP contribution in [0.1, 0.15) is 19.3 Å². The quantitative estimate of drug-likeness (QED) is 0.326. The van der Waals surface area contributed by atoms with Gasteiger partial charge in [-0.1, -0.05) is 19.5 Å². The van der Waals surface area contributed by atoms with Gasteiger partial charge in [0.05, 0.1) is 0 Å². The van der Waals surface area contributed by atoms with Crippen molar-refractivity contribution in [3.63, 3.8) is 0 Å². The Kier molecular flexibility index (Phi) is 18.6. The molecule has 0 heterocycles. The molecule has 0 saturated heterocycles. The molecule has 2 aliphatic rings. The van der Waals surface area contributed by atoms with Gasteiger partial charge in [-0.15, -0.1) is 18.6 Å². The fourth-order valence-corrected chi connectivity index (χ4v) is 1.66. The molecule has 0 N–H and O–H groups in total. The number of halogens is 2. The summed E-state index contributed by atoms with van der Waals surface area (Å²) >= 11 is 0. The van der Waals surface area contributed by atoms with Crippen LogP contribution in [0.2, 0.25) is 13.1 Å². The Morgan fingerprint density at radius 3 is 2.47 bits per heavy atom. The summed E-state index contributed by atoms with van der Waals surface area (Å²) in [7, 11) is 0.750. The molecule has 2 radical (unpaired) electrons. The fraction of sp³-hybridized carbons (Fsp3) is 0.545. The Labute approximate surface area is 128 Å². The molecule has 1 atom stereocenters. The van der Waals surface area contributed by atoms with E-state index in [0.29, 0.717) is 0 Å². The van der Waals surface area contributed by atoms with Gasteiger partial charge in [0.15, 0.2) is 0 Å². The van der Waals surface area contributed by atoms with Crippen LogP contribution in [0.3, 0.4) is 0 Å². The Balaban J connectivity index is -0.000000220. The van der Waals surface area contributed by atoms with E-state index in [2.05, 4.69) is 37.7 Å². The molecule has 1 fully saturated rings. The van der Waals surface area contributed by atoms with Gasteiger partial charge >= 0.3 is 26.2 Å². The van der Waals surface area contributed by atoms with E-state index in [9.17, 15) is 0 Å². The molecule has 0 aliphatic heterocycles. The summed E-state index contributed by atoms with van der Waals surface area (Å²) in [6.45, 7) is 4.42. The van der Waals surface area contributed by atoms with Gasteiger partial charge in [0.1, 0.15) is 0 Å². The van der Waals surface area contributed by atoms with Gasteiger partial charge in [-0.2, -0.15) is 0 Å². The molecule has 0 aromatic rings. The second kappa shape index (κ2) is 13.1. The average Bonchev–Trinajstić information content (AvgIpc) is 2.52. The number of fused-ring (bicyclic) bond motifs is 1. The van der Waals surface area contributed by atoms with Crippen LogP contribution in [0.5, 0.6) is 0 Å². The molecule has 0 bridgehead atoms. The number of rotatable bonds is 0. The van der Waals surface area contributed by atoms with Crippen molar-refractivity contribution in [3.05, 3.63) is 30.2 Å². The molecule has 0 spiro atoms. The molecule has 0 nitrogen and oxygen atoms in total. The van der Waals surface area contributed by atoms with Crippen LogP contribution in [0, 0.1) is 12.3 Å². The van der Waals surface area contributed by atoms with Gasteiger partial charge in [0.25, 0.3) is 0 Å². The SMILES string of the molecule is C1=CCC2CC[CH-]C2=C1.C[SiH]C.[Cl-].[Cl-].[Zr+3]. The smallest absolute Gasteiger partial charge is 1.00 e. The van der Waals surface area contributed by atoms with Crippen LogP contribution < -0.4 is 24.8 Å². The van der Waals surface area contributed by atoms with Crippen LogP contribution in [0.15, 0.2) is 23.8 Å². The van der Waals surface area contributed by atoms with Gasteiger partial charge in [-0.05, 0) is 12.3 Å². The zero-order chi connectivity index (χ0) is 8.81. The molecule has 1 saturated carbocycles. The van der Waals surface area contributed by atoms with Gasteiger partial charge < -0.3 is 24.8 Å². The minimum absolute atomic E-state index is 0. The number of hydrogen-bond acceptors (Lipinski definition) is 0. The Hall–Kier alpha value is 1.03. The maximum absolute atomic E-state index is 2.37. The minimum atomic E-state index is 0. The largest absolute Gasteiger partial charge is 3.00 e. The van der Waals surface area contributed by atoms with Crippen LogP contribution in [-0.2, 0) is 26.2 Å². The average molecular weight is 340 g/mol. The Morgan fingerprint density at radius 2 is 1.93 bits per heavy atom. The third-order valence-electron chi connectivity index (χ3n) is 2.21. The van der Waals surface area contributed by atoms with Crippen LogP contribution >= 0.6 is 0 Å². The molecule has 0 aromatic heterocycles. The van der Waals surface area contributed by atoms with Gasteiger partial charge in [0.2, 0.25) is 0 Å². The standard InChI is InChI=1S/C9H11.C2H7Si.2ClH.Zr/c1-2-5-9-7-3-6-8(9)4-1;1-3-2;;;/h1-2,4,6,9H,3,5,7H2;3H,1-2H3;2*1H;/q-1;;;;+3/p-2. The van der Waals surface area contributed by atoms with Gasteiger partial charge in [-0.25, -0.2) is 18.1 Å². The van der Waals surface area contributed by atoms with Crippen molar-refractivity contribution < 1.29 is 51.0 Å². The monoisotopic (exact) mass is 338 g/mol. The van der Waals surface area contributed by atoms with E-state index in [-0.39, 0.29) is 51.0 Å². The molecule has 84 valence electrons. The van der Waals surface area contributed by atoms with Crippen LogP contribution in [0.4, 0.5) is 0 Å². The molecule has 2 aliphatic carbocycles. The molecule has 2 rings (SSSR count). The molecule has 0 aromatic carbocycles. The third-order valence-corrected chi connectivity index (χ3v) is 2.21. The summed E-state index contributed by atoms with van der Waals surface area (Å²) in [5.74, 6) is 0.884. The first-order valence-corrected chi connectivity index (χ1v) is 7.13. The van der Waals surface area contributed by atoms with Crippen LogP contribution in [-0.4, -0.2) is 9.52 Å². The summed E-state index contributed by atoms with van der Waals surface area (Å²) in [5.41, 5.74) is 1.58. The van der Waals surface area contributed by atoms with Crippen molar-refractivity contribution in [2.75, 3.05) is 0 Å². The van der Waals surface area contributed by atoms with Crippen molar-refractivity contribution in [2.45, 2.75) is 32.4 Å². The predicted octanol–water partition coefficient (Wildman–Crippen LogP) is -2.99. The number of hydrogen-bond donors (Lipinski definition) is 0. The van der Waals surface area contributed by atoms with Crippen molar-refractivity contribution in [1.82, 2.24) is 0 Å². The maximum atomic E-state index is 2.37. The van der Waals surface area contributed by atoms with Crippen molar-refractivity contribution >= 4 is 9.52 Å². The van der Waals surface area contributed by atoms with E-state index in [1.807, 2.05) is 0 Å². The first-order chi connectivity index (χ1) is 5.88. The third kappa shape index (κ3) is 7.85. The van der Waals surface area contributed by atoms with Gasteiger partial charge in [0, 0.05) is 9.52 Å². The normalized spacial score (nSPS) is 19.9. The predicted molar refractivity (Wildman–Crippen MR) is 57.7 cm³/mol. The molecule has 0 amide bonds. The zero-order valence-electron chi connectivity index (χ0n) is 9.34. The molecule has 15 heavy (non-hydrogen) atoms. The van der Waals surface area contributed by atoms with Crippen LogP contribution in [0.25, 0.3) is 0 Å². The van der Waals surface area contributed by atoms with Crippen molar-refractivity contribution in [2.24, 2.45) is 5.92 Å². The Bertz CT molecular complexity index is 193. The second-order valence-corrected chi connectivity index (χ2v) is 4.54. The summed E-state index contributed by atoms with van der Waals surface area (Å²) < 4.78 is 0. The summed E-state index contributed by atoms with van der Waals surface area (Å²) in [6, 6.07) is 0. The van der Waals surface area contributed by atoms with Gasteiger partial charge in [-0.3, -0.25) is 0 Å². The Morgan fingerprint density at radius 1 is 1.33 bits per heavy atom. The van der Waals surface area contributed by atoms with E-state index in [1.54, 1.807) is 5.57 Å². The van der Waals surface area contributed by atoms with Crippen molar-refractivity contribution in [1.29, 1.82) is 0 Å². The first kappa shape index (κ1) is 21.3. The van der Waals surface area contributed by atoms with E-state index in [4.69, 9.17) is 0 Å². The van der Waals surface area contributed by atoms with E-state index < -0.39 is 0 Å². The summed E-state index contributed by atoms with van der Waals surface area (Å²) in [6.07, 6.45) is 13.0.